The van der Waals surface area contributed by atoms with Gasteiger partial charge in [-0.25, -0.2) is 0 Å². The summed E-state index contributed by atoms with van der Waals surface area (Å²) in [5.74, 6) is 0. The second kappa shape index (κ2) is 8.30. The largest absolute Gasteiger partial charge is 0.309 e. The molecule has 3 heteroatoms. The minimum absolute atomic E-state index is 0.466. The molecular formula is C15H29N3. The van der Waals surface area contributed by atoms with Crippen molar-refractivity contribution in [3.63, 3.8) is 0 Å². The van der Waals surface area contributed by atoms with Crippen LogP contribution in [0.3, 0.4) is 0 Å². The first-order chi connectivity index (χ1) is 8.72. The molecule has 0 aliphatic rings. The van der Waals surface area contributed by atoms with E-state index in [1.807, 2.05) is 0 Å². The van der Waals surface area contributed by atoms with Gasteiger partial charge in [-0.3, -0.25) is 4.68 Å². The number of aryl methyl sites for hydroxylation is 2. The van der Waals surface area contributed by atoms with E-state index in [0.29, 0.717) is 6.04 Å². The van der Waals surface area contributed by atoms with Crippen molar-refractivity contribution in [2.75, 3.05) is 6.54 Å². The number of nitrogens with one attached hydrogen (secondary N) is 1. The summed E-state index contributed by atoms with van der Waals surface area (Å²) in [6.45, 7) is 10.7. The van der Waals surface area contributed by atoms with Crippen LogP contribution in [0, 0.1) is 6.92 Å². The topological polar surface area (TPSA) is 29.9 Å². The van der Waals surface area contributed by atoms with Crippen LogP contribution in [0.2, 0.25) is 0 Å². The van der Waals surface area contributed by atoms with Gasteiger partial charge in [0.25, 0.3) is 0 Å². The van der Waals surface area contributed by atoms with Crippen LogP contribution in [0.15, 0.2) is 6.07 Å². The van der Waals surface area contributed by atoms with Gasteiger partial charge in [0.1, 0.15) is 0 Å². The van der Waals surface area contributed by atoms with E-state index in [1.54, 1.807) is 0 Å². The molecule has 0 spiro atoms. The normalized spacial score (nSPS) is 12.9. The molecule has 104 valence electrons. The molecule has 0 aliphatic heterocycles. The van der Waals surface area contributed by atoms with Crippen LogP contribution in [0.1, 0.15) is 70.3 Å². The Morgan fingerprint density at radius 1 is 1.22 bits per heavy atom. The number of hydrogen-bond acceptors (Lipinski definition) is 2. The second-order valence-electron chi connectivity index (χ2n) is 4.99. The van der Waals surface area contributed by atoms with Crippen molar-refractivity contribution in [1.82, 2.24) is 15.1 Å². The summed E-state index contributed by atoms with van der Waals surface area (Å²) in [6.07, 6.45) is 6.53. The summed E-state index contributed by atoms with van der Waals surface area (Å²) in [7, 11) is 0. The first-order valence-corrected chi connectivity index (χ1v) is 7.50. The van der Waals surface area contributed by atoms with E-state index in [4.69, 9.17) is 0 Å². The van der Waals surface area contributed by atoms with Gasteiger partial charge in [-0.15, -0.1) is 0 Å². The first-order valence-electron chi connectivity index (χ1n) is 7.50. The zero-order valence-electron chi connectivity index (χ0n) is 12.5. The predicted octanol–water partition coefficient (Wildman–Crippen LogP) is 3.83. The van der Waals surface area contributed by atoms with Crippen molar-refractivity contribution in [3.05, 3.63) is 17.5 Å². The number of rotatable bonds is 9. The highest BCUT2D eigenvalue weighted by atomic mass is 15.3. The molecule has 0 saturated heterocycles. The van der Waals surface area contributed by atoms with E-state index in [2.05, 4.69) is 48.9 Å². The minimum Gasteiger partial charge on any atom is -0.309 e. The summed E-state index contributed by atoms with van der Waals surface area (Å²) < 4.78 is 2.14. The zero-order valence-corrected chi connectivity index (χ0v) is 12.5. The molecule has 1 atom stereocenters. The van der Waals surface area contributed by atoms with Crippen molar-refractivity contribution >= 4 is 0 Å². The minimum atomic E-state index is 0.466. The maximum Gasteiger partial charge on any atom is 0.0597 e. The Morgan fingerprint density at radius 2 is 2.00 bits per heavy atom. The molecule has 1 aromatic heterocycles. The van der Waals surface area contributed by atoms with Gasteiger partial charge in [0.15, 0.2) is 0 Å². The summed E-state index contributed by atoms with van der Waals surface area (Å²) in [4.78, 5) is 0. The van der Waals surface area contributed by atoms with Crippen molar-refractivity contribution in [2.24, 2.45) is 0 Å². The van der Waals surface area contributed by atoms with E-state index in [0.717, 1.165) is 18.8 Å². The zero-order chi connectivity index (χ0) is 13.4. The van der Waals surface area contributed by atoms with Crippen molar-refractivity contribution < 1.29 is 0 Å². The lowest BCUT2D eigenvalue weighted by molar-refractivity contribution is 0.445. The van der Waals surface area contributed by atoms with Crippen LogP contribution in [0.25, 0.3) is 0 Å². The van der Waals surface area contributed by atoms with Gasteiger partial charge in [0, 0.05) is 12.6 Å². The number of hydrogen-bond donors (Lipinski definition) is 1. The van der Waals surface area contributed by atoms with Crippen LogP contribution < -0.4 is 5.32 Å². The molecular weight excluding hydrogens is 222 g/mol. The third kappa shape index (κ3) is 4.45. The molecule has 1 rings (SSSR count). The van der Waals surface area contributed by atoms with E-state index >= 15 is 0 Å². The smallest absolute Gasteiger partial charge is 0.0597 e. The molecule has 1 N–H and O–H groups in total. The number of aromatic nitrogens is 2. The van der Waals surface area contributed by atoms with E-state index in [9.17, 15) is 0 Å². The predicted molar refractivity (Wildman–Crippen MR) is 77.8 cm³/mol. The molecule has 1 unspecified atom stereocenters. The van der Waals surface area contributed by atoms with Crippen molar-refractivity contribution in [2.45, 2.75) is 72.4 Å². The Bertz CT molecular complexity index is 330. The molecule has 1 heterocycles. The van der Waals surface area contributed by atoms with Gasteiger partial charge >= 0.3 is 0 Å². The highest BCUT2D eigenvalue weighted by molar-refractivity contribution is 5.13. The van der Waals surface area contributed by atoms with Crippen LogP contribution in [0.5, 0.6) is 0 Å². The first kappa shape index (κ1) is 15.2. The molecule has 0 saturated carbocycles. The third-order valence-electron chi connectivity index (χ3n) is 3.39. The highest BCUT2D eigenvalue weighted by Crippen LogP contribution is 2.21. The maximum atomic E-state index is 4.55. The third-order valence-corrected chi connectivity index (χ3v) is 3.39. The fourth-order valence-corrected chi connectivity index (χ4v) is 2.48. The molecule has 0 aliphatic carbocycles. The van der Waals surface area contributed by atoms with Crippen LogP contribution in [0.4, 0.5) is 0 Å². The summed E-state index contributed by atoms with van der Waals surface area (Å²) >= 11 is 0. The van der Waals surface area contributed by atoms with Crippen LogP contribution >= 0.6 is 0 Å². The SMILES string of the molecule is CCCCCCC(NCC)c1cc(C)nn1CC. The molecule has 18 heavy (non-hydrogen) atoms. The van der Waals surface area contributed by atoms with E-state index in [-0.39, 0.29) is 0 Å². The van der Waals surface area contributed by atoms with Gasteiger partial charge < -0.3 is 5.32 Å². The van der Waals surface area contributed by atoms with Gasteiger partial charge in [0.2, 0.25) is 0 Å². The van der Waals surface area contributed by atoms with E-state index < -0.39 is 0 Å². The lowest BCUT2D eigenvalue weighted by Crippen LogP contribution is -2.23. The standard InChI is InChI=1S/C15H29N3/c1-5-8-9-10-11-14(16-6-2)15-12-13(4)17-18(15)7-3/h12,14,16H,5-11H2,1-4H3. The molecule has 0 fully saturated rings. The quantitative estimate of drug-likeness (QED) is 0.676. The molecule has 0 amide bonds. The Kier molecular flexibility index (Phi) is 7.02. The molecule has 3 nitrogen and oxygen atoms in total. The van der Waals surface area contributed by atoms with Crippen LogP contribution in [-0.4, -0.2) is 16.3 Å². The summed E-state index contributed by atoms with van der Waals surface area (Å²) in [5, 5.41) is 8.16. The molecule has 0 aromatic carbocycles. The summed E-state index contributed by atoms with van der Waals surface area (Å²) in [6, 6.07) is 2.70. The fraction of sp³-hybridized carbons (Fsp3) is 0.800. The van der Waals surface area contributed by atoms with Gasteiger partial charge in [-0.2, -0.15) is 5.10 Å². The van der Waals surface area contributed by atoms with Crippen molar-refractivity contribution in [1.29, 1.82) is 0 Å². The molecule has 0 radical (unpaired) electrons. The average molecular weight is 251 g/mol. The Morgan fingerprint density at radius 3 is 2.61 bits per heavy atom. The summed E-state index contributed by atoms with van der Waals surface area (Å²) in [5.41, 5.74) is 2.48. The second-order valence-corrected chi connectivity index (χ2v) is 4.99. The Balaban J connectivity index is 2.64. The fourth-order valence-electron chi connectivity index (χ4n) is 2.48. The lowest BCUT2D eigenvalue weighted by atomic mass is 10.0. The lowest BCUT2D eigenvalue weighted by Gasteiger charge is -2.19. The average Bonchev–Trinajstić information content (AvgIpc) is 2.74. The number of nitrogens with zero attached hydrogens (tertiary/aromatic N) is 2. The Hall–Kier alpha value is -0.830. The van der Waals surface area contributed by atoms with Gasteiger partial charge in [-0.05, 0) is 32.9 Å². The highest BCUT2D eigenvalue weighted by Gasteiger charge is 2.15. The molecule has 0 bridgehead atoms. The maximum absolute atomic E-state index is 4.55. The van der Waals surface area contributed by atoms with Gasteiger partial charge in [0.05, 0.1) is 11.4 Å². The van der Waals surface area contributed by atoms with Crippen molar-refractivity contribution in [3.8, 4) is 0 Å². The molecule has 1 aromatic rings. The van der Waals surface area contributed by atoms with Crippen LogP contribution in [-0.2, 0) is 6.54 Å². The monoisotopic (exact) mass is 251 g/mol. The Labute approximate surface area is 112 Å². The van der Waals surface area contributed by atoms with Gasteiger partial charge in [-0.1, -0.05) is 39.5 Å². The van der Waals surface area contributed by atoms with E-state index in [1.165, 1.54) is 37.8 Å². The number of unbranched alkanes of at least 4 members (excludes halogenated alkanes) is 3.